The number of carbonyl (C=O) groups excluding carboxylic acids is 1. The molecule has 0 aliphatic rings. The minimum atomic E-state index is -0.606. The molecule has 0 atom stereocenters. The second-order valence-electron chi connectivity index (χ2n) is 4.89. The smallest absolute Gasteiger partial charge is 0.254 e. The number of nitrogens with one attached hydrogen (secondary N) is 1. The average Bonchev–Trinajstić information content (AvgIpc) is 2.90. The van der Waals surface area contributed by atoms with Gasteiger partial charge in [-0.25, -0.2) is 4.39 Å². The molecule has 1 amide bonds. The van der Waals surface area contributed by atoms with Crippen molar-refractivity contribution in [1.29, 1.82) is 0 Å². The molecule has 0 saturated carbocycles. The van der Waals surface area contributed by atoms with E-state index in [9.17, 15) is 9.18 Å². The molecule has 3 aromatic rings. The molecule has 5 heteroatoms. The van der Waals surface area contributed by atoms with Gasteiger partial charge in [0.15, 0.2) is 0 Å². The summed E-state index contributed by atoms with van der Waals surface area (Å²) >= 11 is 7.36. The van der Waals surface area contributed by atoms with E-state index < -0.39 is 11.7 Å². The number of hydrogen-bond donors (Lipinski definition) is 1. The molecular weight excluding hydrogens is 321 g/mol. The van der Waals surface area contributed by atoms with E-state index in [1.807, 2.05) is 12.1 Å². The van der Waals surface area contributed by atoms with Crippen LogP contribution in [0.15, 0.2) is 47.8 Å². The summed E-state index contributed by atoms with van der Waals surface area (Å²) in [5.74, 6) is -1.03. The summed E-state index contributed by atoms with van der Waals surface area (Å²) in [4.78, 5) is 12.0. The first-order valence-electron chi connectivity index (χ1n) is 6.83. The summed E-state index contributed by atoms with van der Waals surface area (Å²) in [6, 6.07) is 12.2. The predicted octanol–water partition coefficient (Wildman–Crippen LogP) is 4.67. The summed E-state index contributed by atoms with van der Waals surface area (Å²) in [7, 11) is 0. The van der Waals surface area contributed by atoms with Crippen LogP contribution in [0.25, 0.3) is 10.1 Å². The maximum atomic E-state index is 13.7. The highest BCUT2D eigenvalue weighted by atomic mass is 35.5. The van der Waals surface area contributed by atoms with Crippen LogP contribution in [-0.4, -0.2) is 12.5 Å². The molecule has 0 bridgehead atoms. The van der Waals surface area contributed by atoms with Crippen LogP contribution in [0.3, 0.4) is 0 Å². The van der Waals surface area contributed by atoms with Crippen molar-refractivity contribution in [2.24, 2.45) is 0 Å². The van der Waals surface area contributed by atoms with E-state index in [2.05, 4.69) is 22.8 Å². The number of halogens is 2. The first-order chi connectivity index (χ1) is 10.6. The van der Waals surface area contributed by atoms with E-state index in [1.54, 1.807) is 11.3 Å². The summed E-state index contributed by atoms with van der Waals surface area (Å²) in [6.45, 7) is 0.460. The van der Waals surface area contributed by atoms with Crippen molar-refractivity contribution in [3.63, 3.8) is 0 Å². The third kappa shape index (κ3) is 3.13. The normalized spacial score (nSPS) is 10.8. The number of hydrogen-bond acceptors (Lipinski definition) is 2. The molecule has 3 rings (SSSR count). The molecule has 0 aliphatic carbocycles. The molecule has 112 valence electrons. The fourth-order valence-electron chi connectivity index (χ4n) is 2.31. The van der Waals surface area contributed by atoms with Crippen LogP contribution in [0.1, 0.15) is 15.9 Å². The van der Waals surface area contributed by atoms with Crippen LogP contribution in [0.5, 0.6) is 0 Å². The lowest BCUT2D eigenvalue weighted by atomic mass is 10.1. The highest BCUT2D eigenvalue weighted by molar-refractivity contribution is 7.17. The standard InChI is InChI=1S/C17H13ClFNOS/c18-12-5-6-14(15(19)9-12)17(21)20-8-7-11-10-22-16-4-2-1-3-13(11)16/h1-6,9-10H,7-8H2,(H,20,21). The van der Waals surface area contributed by atoms with Gasteiger partial charge in [0, 0.05) is 16.3 Å². The van der Waals surface area contributed by atoms with Gasteiger partial charge in [-0.2, -0.15) is 0 Å². The predicted molar refractivity (Wildman–Crippen MR) is 89.3 cm³/mol. The average molecular weight is 334 g/mol. The zero-order valence-corrected chi connectivity index (χ0v) is 13.2. The molecule has 2 aromatic carbocycles. The quantitative estimate of drug-likeness (QED) is 0.738. The van der Waals surface area contributed by atoms with Crippen LogP contribution in [0.4, 0.5) is 4.39 Å². The maximum absolute atomic E-state index is 13.7. The third-order valence-corrected chi connectivity index (χ3v) is 4.66. The number of carbonyl (C=O) groups is 1. The lowest BCUT2D eigenvalue weighted by Crippen LogP contribution is -2.26. The molecule has 22 heavy (non-hydrogen) atoms. The highest BCUT2D eigenvalue weighted by Crippen LogP contribution is 2.25. The van der Waals surface area contributed by atoms with Crippen molar-refractivity contribution in [2.75, 3.05) is 6.54 Å². The summed E-state index contributed by atoms with van der Waals surface area (Å²) < 4.78 is 14.9. The number of benzene rings is 2. The summed E-state index contributed by atoms with van der Waals surface area (Å²) in [5.41, 5.74) is 1.21. The van der Waals surface area contributed by atoms with Crippen LogP contribution >= 0.6 is 22.9 Å². The van der Waals surface area contributed by atoms with E-state index >= 15 is 0 Å². The van der Waals surface area contributed by atoms with Crippen molar-refractivity contribution in [1.82, 2.24) is 5.32 Å². The topological polar surface area (TPSA) is 29.1 Å². The number of amides is 1. The second-order valence-corrected chi connectivity index (χ2v) is 6.23. The van der Waals surface area contributed by atoms with Gasteiger partial charge in [0.1, 0.15) is 5.82 Å². The van der Waals surface area contributed by atoms with E-state index in [4.69, 9.17) is 11.6 Å². The lowest BCUT2D eigenvalue weighted by molar-refractivity contribution is 0.0950. The van der Waals surface area contributed by atoms with Gasteiger partial charge >= 0.3 is 0 Å². The Bertz CT molecular complexity index is 830. The molecule has 1 aromatic heterocycles. The van der Waals surface area contributed by atoms with Crippen LogP contribution in [0, 0.1) is 5.82 Å². The van der Waals surface area contributed by atoms with Gasteiger partial charge < -0.3 is 5.32 Å². The van der Waals surface area contributed by atoms with Crippen LogP contribution in [0.2, 0.25) is 5.02 Å². The molecule has 0 spiro atoms. The minimum absolute atomic E-state index is 0.0135. The largest absolute Gasteiger partial charge is 0.352 e. The molecule has 0 aliphatic heterocycles. The molecule has 2 nitrogen and oxygen atoms in total. The Morgan fingerprint density at radius 3 is 2.86 bits per heavy atom. The van der Waals surface area contributed by atoms with Gasteiger partial charge in [-0.15, -0.1) is 11.3 Å². The van der Waals surface area contributed by atoms with Gasteiger partial charge in [-0.3, -0.25) is 4.79 Å². The SMILES string of the molecule is O=C(NCCc1csc2ccccc12)c1ccc(Cl)cc1F. The van der Waals surface area contributed by atoms with Gasteiger partial charge in [0.25, 0.3) is 5.91 Å². The second kappa shape index (κ2) is 6.46. The Balaban J connectivity index is 1.64. The molecular formula is C17H13ClFNOS. The molecule has 0 fully saturated rings. The lowest BCUT2D eigenvalue weighted by Gasteiger charge is -2.06. The fraction of sp³-hybridized carbons (Fsp3) is 0.118. The Morgan fingerprint density at radius 2 is 2.05 bits per heavy atom. The van der Waals surface area contributed by atoms with Crippen molar-refractivity contribution in [2.45, 2.75) is 6.42 Å². The van der Waals surface area contributed by atoms with E-state index in [-0.39, 0.29) is 10.6 Å². The van der Waals surface area contributed by atoms with Crippen molar-refractivity contribution in [3.05, 3.63) is 69.8 Å². The van der Waals surface area contributed by atoms with Crippen molar-refractivity contribution >= 4 is 38.9 Å². The van der Waals surface area contributed by atoms with E-state index in [0.717, 1.165) is 6.07 Å². The minimum Gasteiger partial charge on any atom is -0.352 e. The van der Waals surface area contributed by atoms with Gasteiger partial charge in [-0.1, -0.05) is 29.8 Å². The molecule has 1 heterocycles. The molecule has 0 unspecified atom stereocenters. The summed E-state index contributed by atoms with van der Waals surface area (Å²) in [6.07, 6.45) is 0.713. The van der Waals surface area contributed by atoms with Gasteiger partial charge in [-0.05, 0) is 47.0 Å². The van der Waals surface area contributed by atoms with Crippen LogP contribution < -0.4 is 5.32 Å². The first kappa shape index (κ1) is 15.0. The Morgan fingerprint density at radius 1 is 1.23 bits per heavy atom. The maximum Gasteiger partial charge on any atom is 0.254 e. The zero-order valence-electron chi connectivity index (χ0n) is 11.6. The molecule has 1 N–H and O–H groups in total. The van der Waals surface area contributed by atoms with Gasteiger partial charge in [0.2, 0.25) is 0 Å². The first-order valence-corrected chi connectivity index (χ1v) is 8.09. The monoisotopic (exact) mass is 333 g/mol. The zero-order chi connectivity index (χ0) is 15.5. The van der Waals surface area contributed by atoms with Crippen molar-refractivity contribution < 1.29 is 9.18 Å². The molecule has 0 saturated heterocycles. The summed E-state index contributed by atoms with van der Waals surface area (Å²) in [5, 5.41) is 6.33. The number of thiophene rings is 1. The number of rotatable bonds is 4. The Hall–Kier alpha value is -1.91. The third-order valence-electron chi connectivity index (χ3n) is 3.42. The van der Waals surface area contributed by atoms with Gasteiger partial charge in [0.05, 0.1) is 5.56 Å². The number of fused-ring (bicyclic) bond motifs is 1. The Kier molecular flexibility index (Phi) is 4.41. The van der Waals surface area contributed by atoms with E-state index in [0.29, 0.717) is 13.0 Å². The molecule has 0 radical (unpaired) electrons. The van der Waals surface area contributed by atoms with Crippen molar-refractivity contribution in [3.8, 4) is 0 Å². The Labute approximate surface area is 136 Å². The highest BCUT2D eigenvalue weighted by Gasteiger charge is 2.11. The van der Waals surface area contributed by atoms with E-state index in [1.165, 1.54) is 27.8 Å². The van der Waals surface area contributed by atoms with Crippen LogP contribution in [-0.2, 0) is 6.42 Å². The fourth-order valence-corrected chi connectivity index (χ4v) is 3.46.